The number of hydrogen-bond donors (Lipinski definition) is 0. The molecule has 3 rings (SSSR count). The fourth-order valence-corrected chi connectivity index (χ4v) is 3.83. The Morgan fingerprint density at radius 1 is 1.00 bits per heavy atom. The van der Waals surface area contributed by atoms with Crippen LogP contribution in [0.15, 0.2) is 48.5 Å². The first-order valence-corrected chi connectivity index (χ1v) is 10.2. The lowest BCUT2D eigenvalue weighted by Crippen LogP contribution is -2.25. The lowest BCUT2D eigenvalue weighted by molar-refractivity contribution is -0.274. The minimum absolute atomic E-state index is 0.227. The molecule has 1 heterocycles. The lowest BCUT2D eigenvalue weighted by atomic mass is 10.1. The number of rotatable bonds is 7. The Hall–Kier alpha value is -2.25. The molecule has 8 heteroatoms. The maximum absolute atomic E-state index is 12.4. The second-order valence-corrected chi connectivity index (χ2v) is 8.25. The lowest BCUT2D eigenvalue weighted by Gasteiger charge is -2.22. The predicted molar refractivity (Wildman–Crippen MR) is 111 cm³/mol. The van der Waals surface area contributed by atoms with Crippen molar-refractivity contribution >= 4 is 28.1 Å². The highest BCUT2D eigenvalue weighted by Crippen LogP contribution is 2.28. The van der Waals surface area contributed by atoms with E-state index in [0.717, 1.165) is 39.8 Å². The smallest absolute Gasteiger partial charge is 0.406 e. The third kappa shape index (κ3) is 6.37. The molecule has 0 spiro atoms. The summed E-state index contributed by atoms with van der Waals surface area (Å²) >= 11 is 7.56. The molecule has 1 aromatic heterocycles. The fraction of sp³-hybridized carbons (Fsp3) is 0.286. The molecular formula is C21H20ClF3N2OS. The number of benzene rings is 2. The molecule has 0 N–H and O–H groups in total. The summed E-state index contributed by atoms with van der Waals surface area (Å²) < 4.78 is 41.0. The van der Waals surface area contributed by atoms with Crippen molar-refractivity contribution in [2.45, 2.75) is 33.2 Å². The first-order valence-electron chi connectivity index (χ1n) is 8.98. The van der Waals surface area contributed by atoms with Gasteiger partial charge >= 0.3 is 6.36 Å². The average molecular weight is 441 g/mol. The molecule has 0 unspecified atom stereocenters. The molecule has 29 heavy (non-hydrogen) atoms. The van der Waals surface area contributed by atoms with Crippen LogP contribution < -0.4 is 9.64 Å². The van der Waals surface area contributed by atoms with Gasteiger partial charge in [-0.15, -0.1) is 24.5 Å². The molecule has 0 aliphatic heterocycles. The Balaban J connectivity index is 1.74. The summed E-state index contributed by atoms with van der Waals surface area (Å²) in [7, 11) is 0. The van der Waals surface area contributed by atoms with Crippen LogP contribution in [0.2, 0.25) is 5.02 Å². The van der Waals surface area contributed by atoms with Gasteiger partial charge in [-0.25, -0.2) is 4.98 Å². The third-order valence-corrected chi connectivity index (χ3v) is 5.79. The Labute approximate surface area is 176 Å². The topological polar surface area (TPSA) is 25.4 Å². The molecule has 3 aromatic rings. The van der Waals surface area contributed by atoms with E-state index in [9.17, 15) is 13.2 Å². The first-order chi connectivity index (χ1) is 13.7. The second-order valence-electron chi connectivity index (χ2n) is 6.63. The average Bonchev–Trinajstić information content (AvgIpc) is 2.99. The maximum Gasteiger partial charge on any atom is 0.573 e. The number of hydrogen-bond acceptors (Lipinski definition) is 4. The highest BCUT2D eigenvalue weighted by atomic mass is 35.5. The van der Waals surface area contributed by atoms with Crippen molar-refractivity contribution in [2.75, 3.05) is 11.4 Å². The van der Waals surface area contributed by atoms with Gasteiger partial charge < -0.3 is 9.64 Å². The summed E-state index contributed by atoms with van der Waals surface area (Å²) in [5.41, 5.74) is 3.01. The van der Waals surface area contributed by atoms with Gasteiger partial charge in [-0.1, -0.05) is 35.9 Å². The number of alkyl halides is 3. The zero-order valence-electron chi connectivity index (χ0n) is 16.0. The van der Waals surface area contributed by atoms with Gasteiger partial charge in [0.1, 0.15) is 5.75 Å². The van der Waals surface area contributed by atoms with E-state index in [2.05, 4.69) is 14.6 Å². The Bertz CT molecular complexity index is 921. The van der Waals surface area contributed by atoms with Crippen LogP contribution in [0.3, 0.4) is 0 Å². The molecule has 154 valence electrons. The number of aryl methyl sites for hydroxylation is 2. The van der Waals surface area contributed by atoms with Gasteiger partial charge in [-0.05, 0) is 55.7 Å². The molecule has 0 atom stereocenters. The van der Waals surface area contributed by atoms with Crippen molar-refractivity contribution in [1.82, 2.24) is 4.98 Å². The van der Waals surface area contributed by atoms with Crippen molar-refractivity contribution in [3.05, 3.63) is 75.3 Å². The standard InChI is InChI=1S/C21H20ClF3N2OS/c1-14-15(2)29-20(26-14)27(12-11-16-3-7-18(22)8-4-16)13-17-5-9-19(10-6-17)28-21(23,24)25/h3-10H,11-13H2,1-2H3. The molecule has 3 nitrogen and oxygen atoms in total. The summed E-state index contributed by atoms with van der Waals surface area (Å²) in [6, 6.07) is 13.6. The Morgan fingerprint density at radius 3 is 2.17 bits per heavy atom. The number of nitrogens with zero attached hydrogens (tertiary/aromatic N) is 2. The van der Waals surface area contributed by atoms with Crippen LogP contribution in [0.5, 0.6) is 5.75 Å². The van der Waals surface area contributed by atoms with Crippen molar-refractivity contribution in [1.29, 1.82) is 0 Å². The second kappa shape index (κ2) is 9.05. The number of anilines is 1. The van der Waals surface area contributed by atoms with Crippen molar-refractivity contribution in [3.8, 4) is 5.75 Å². The minimum Gasteiger partial charge on any atom is -0.406 e. The van der Waals surface area contributed by atoms with Crippen LogP contribution in [0.1, 0.15) is 21.7 Å². The third-order valence-electron chi connectivity index (χ3n) is 4.40. The highest BCUT2D eigenvalue weighted by molar-refractivity contribution is 7.15. The molecular weight excluding hydrogens is 421 g/mol. The van der Waals surface area contributed by atoms with Gasteiger partial charge in [0.25, 0.3) is 0 Å². The van der Waals surface area contributed by atoms with Crippen LogP contribution in [0.4, 0.5) is 18.3 Å². The van der Waals surface area contributed by atoms with Gasteiger partial charge in [-0.3, -0.25) is 0 Å². The Morgan fingerprint density at radius 2 is 1.62 bits per heavy atom. The van der Waals surface area contributed by atoms with E-state index in [4.69, 9.17) is 11.6 Å². The van der Waals surface area contributed by atoms with Gasteiger partial charge in [0, 0.05) is 23.0 Å². The van der Waals surface area contributed by atoms with E-state index in [1.54, 1.807) is 23.5 Å². The largest absolute Gasteiger partial charge is 0.573 e. The zero-order valence-corrected chi connectivity index (χ0v) is 17.5. The molecule has 0 aliphatic rings. The quantitative estimate of drug-likeness (QED) is 0.416. The van der Waals surface area contributed by atoms with E-state index >= 15 is 0 Å². The molecule has 0 radical (unpaired) electrons. The van der Waals surface area contributed by atoms with E-state index in [-0.39, 0.29) is 5.75 Å². The maximum atomic E-state index is 12.4. The predicted octanol–water partition coefficient (Wildman–Crippen LogP) is 6.56. The summed E-state index contributed by atoms with van der Waals surface area (Å²) in [5.74, 6) is -0.227. The molecule has 0 saturated carbocycles. The molecule has 0 fully saturated rings. The fourth-order valence-electron chi connectivity index (χ4n) is 2.77. The molecule has 0 bridgehead atoms. The SMILES string of the molecule is Cc1nc(N(CCc2ccc(Cl)cc2)Cc2ccc(OC(F)(F)F)cc2)sc1C. The van der Waals surface area contributed by atoms with Gasteiger partial charge in [-0.2, -0.15) is 0 Å². The van der Waals surface area contributed by atoms with E-state index in [1.165, 1.54) is 12.1 Å². The number of aromatic nitrogens is 1. The van der Waals surface area contributed by atoms with Crippen LogP contribution in [0.25, 0.3) is 0 Å². The number of thiazole rings is 1. The van der Waals surface area contributed by atoms with E-state index in [1.807, 2.05) is 38.1 Å². The summed E-state index contributed by atoms with van der Waals surface area (Å²) in [5, 5.41) is 1.59. The van der Waals surface area contributed by atoms with Gasteiger partial charge in [0.15, 0.2) is 5.13 Å². The summed E-state index contributed by atoms with van der Waals surface area (Å²) in [4.78, 5) is 7.93. The van der Waals surface area contributed by atoms with Crippen LogP contribution in [0, 0.1) is 13.8 Å². The van der Waals surface area contributed by atoms with E-state index in [0.29, 0.717) is 11.6 Å². The Kier molecular flexibility index (Phi) is 6.70. The van der Waals surface area contributed by atoms with Crippen LogP contribution in [-0.2, 0) is 13.0 Å². The molecule has 0 aliphatic carbocycles. The molecule has 0 amide bonds. The monoisotopic (exact) mass is 440 g/mol. The van der Waals surface area contributed by atoms with Gasteiger partial charge in [0.2, 0.25) is 0 Å². The zero-order chi connectivity index (χ0) is 21.0. The highest BCUT2D eigenvalue weighted by Gasteiger charge is 2.31. The van der Waals surface area contributed by atoms with Crippen molar-refractivity contribution in [3.63, 3.8) is 0 Å². The van der Waals surface area contributed by atoms with Crippen molar-refractivity contribution in [2.24, 2.45) is 0 Å². The molecule has 2 aromatic carbocycles. The number of halogens is 4. The number of ether oxygens (including phenoxy) is 1. The van der Waals surface area contributed by atoms with Crippen molar-refractivity contribution < 1.29 is 17.9 Å². The summed E-state index contributed by atoms with van der Waals surface area (Å²) in [6.07, 6.45) is -3.90. The first kappa shape index (κ1) is 21.5. The molecule has 0 saturated heterocycles. The minimum atomic E-state index is -4.69. The van der Waals surface area contributed by atoms with Gasteiger partial charge in [0.05, 0.1) is 5.69 Å². The normalized spacial score (nSPS) is 11.5. The van der Waals surface area contributed by atoms with Crippen LogP contribution >= 0.6 is 22.9 Å². The van der Waals surface area contributed by atoms with E-state index < -0.39 is 6.36 Å². The summed E-state index contributed by atoms with van der Waals surface area (Å²) in [6.45, 7) is 5.24. The van der Waals surface area contributed by atoms with Crippen LogP contribution in [-0.4, -0.2) is 17.9 Å².